The lowest BCUT2D eigenvalue weighted by atomic mass is 9.98. The molecule has 0 bridgehead atoms. The first-order valence-corrected chi connectivity index (χ1v) is 11.3. The van der Waals surface area contributed by atoms with Crippen molar-refractivity contribution in [3.63, 3.8) is 0 Å². The van der Waals surface area contributed by atoms with Gasteiger partial charge in [0.2, 0.25) is 5.01 Å². The molecule has 1 saturated heterocycles. The second kappa shape index (κ2) is 10.4. The minimum absolute atomic E-state index is 0.0316. The van der Waals surface area contributed by atoms with Crippen LogP contribution < -0.4 is 14.8 Å². The summed E-state index contributed by atoms with van der Waals surface area (Å²) in [4.78, 5) is 26.7. The third-order valence-corrected chi connectivity index (χ3v) is 6.46. The molecule has 2 amide bonds. The van der Waals surface area contributed by atoms with Crippen LogP contribution in [0.15, 0.2) is 48.5 Å². The van der Waals surface area contributed by atoms with E-state index in [-0.39, 0.29) is 29.1 Å². The molecule has 10 heteroatoms. The molecule has 0 radical (unpaired) electrons. The van der Waals surface area contributed by atoms with E-state index in [9.17, 15) is 14.0 Å². The molecule has 0 unspecified atom stereocenters. The molecule has 33 heavy (non-hydrogen) atoms. The van der Waals surface area contributed by atoms with Crippen LogP contribution in [0.4, 0.5) is 10.1 Å². The second-order valence-electron chi connectivity index (χ2n) is 7.50. The number of piperidine rings is 1. The quantitative estimate of drug-likeness (QED) is 0.566. The van der Waals surface area contributed by atoms with Gasteiger partial charge in [0.1, 0.15) is 22.3 Å². The van der Waals surface area contributed by atoms with E-state index in [2.05, 4.69) is 15.5 Å². The van der Waals surface area contributed by atoms with Crippen molar-refractivity contribution in [3.8, 4) is 11.5 Å². The number of para-hydroxylation sites is 1. The van der Waals surface area contributed by atoms with Crippen LogP contribution in [0, 0.1) is 5.82 Å². The van der Waals surface area contributed by atoms with Crippen molar-refractivity contribution in [3.05, 3.63) is 64.4 Å². The summed E-state index contributed by atoms with van der Waals surface area (Å²) >= 11 is 1.20. The van der Waals surface area contributed by atoms with E-state index in [0.717, 1.165) is 23.6 Å². The van der Waals surface area contributed by atoms with E-state index < -0.39 is 11.7 Å². The van der Waals surface area contributed by atoms with E-state index in [1.807, 2.05) is 0 Å². The Morgan fingerprint density at radius 1 is 1.09 bits per heavy atom. The number of likely N-dealkylation sites (tertiary alicyclic amines) is 1. The van der Waals surface area contributed by atoms with Crippen molar-refractivity contribution in [2.24, 2.45) is 0 Å². The van der Waals surface area contributed by atoms with Gasteiger partial charge in [-0.3, -0.25) is 9.59 Å². The van der Waals surface area contributed by atoms with Gasteiger partial charge in [0.05, 0.1) is 12.8 Å². The summed E-state index contributed by atoms with van der Waals surface area (Å²) in [6.07, 6.45) is 1.44. The SMILES string of the molecule is COc1ccc(OCC(=O)N2CCC(c3nnc(C(=O)Nc4ccccc4F)s3)CC2)cc1. The highest BCUT2D eigenvalue weighted by molar-refractivity contribution is 7.13. The van der Waals surface area contributed by atoms with Crippen molar-refractivity contribution < 1.29 is 23.5 Å². The molecule has 1 aromatic heterocycles. The highest BCUT2D eigenvalue weighted by atomic mass is 32.1. The standard InChI is InChI=1S/C23H23FN4O4S/c1-31-16-6-8-17(9-7-16)32-14-20(29)28-12-10-15(11-13-28)22-26-27-23(33-22)21(30)25-19-5-3-2-4-18(19)24/h2-9,15H,10-14H2,1H3,(H,25,30). The van der Waals surface area contributed by atoms with Crippen LogP contribution in [-0.4, -0.2) is 53.7 Å². The van der Waals surface area contributed by atoms with E-state index in [1.54, 1.807) is 48.4 Å². The monoisotopic (exact) mass is 470 g/mol. The van der Waals surface area contributed by atoms with Gasteiger partial charge >= 0.3 is 0 Å². The number of carbonyl (C=O) groups excluding carboxylic acids is 2. The fourth-order valence-electron chi connectivity index (χ4n) is 3.51. The summed E-state index contributed by atoms with van der Waals surface area (Å²) in [5.74, 6) is 0.362. The molecule has 2 heterocycles. The molecule has 8 nitrogen and oxygen atoms in total. The van der Waals surface area contributed by atoms with Gasteiger partial charge in [0.25, 0.3) is 11.8 Å². The zero-order valence-electron chi connectivity index (χ0n) is 18.0. The molecule has 1 fully saturated rings. The first-order chi connectivity index (χ1) is 16.0. The number of amides is 2. The minimum Gasteiger partial charge on any atom is -0.497 e. The normalized spacial score (nSPS) is 14.1. The van der Waals surface area contributed by atoms with E-state index >= 15 is 0 Å². The van der Waals surface area contributed by atoms with Crippen LogP contribution in [-0.2, 0) is 4.79 Å². The molecule has 0 aliphatic carbocycles. The molecule has 4 rings (SSSR count). The largest absolute Gasteiger partial charge is 0.497 e. The van der Waals surface area contributed by atoms with Gasteiger partial charge in [-0.25, -0.2) is 4.39 Å². The van der Waals surface area contributed by atoms with Crippen molar-refractivity contribution in [1.29, 1.82) is 0 Å². The first-order valence-electron chi connectivity index (χ1n) is 10.5. The van der Waals surface area contributed by atoms with Gasteiger partial charge in [-0.15, -0.1) is 10.2 Å². The lowest BCUT2D eigenvalue weighted by Crippen LogP contribution is -2.40. The Morgan fingerprint density at radius 2 is 1.79 bits per heavy atom. The predicted molar refractivity (Wildman–Crippen MR) is 121 cm³/mol. The maximum Gasteiger partial charge on any atom is 0.286 e. The van der Waals surface area contributed by atoms with Crippen LogP contribution >= 0.6 is 11.3 Å². The first kappa shape index (κ1) is 22.7. The van der Waals surface area contributed by atoms with Gasteiger partial charge < -0.3 is 19.7 Å². The van der Waals surface area contributed by atoms with E-state index in [1.165, 1.54) is 23.5 Å². The average molecular weight is 471 g/mol. The van der Waals surface area contributed by atoms with Crippen molar-refractivity contribution in [1.82, 2.24) is 15.1 Å². The maximum absolute atomic E-state index is 13.8. The van der Waals surface area contributed by atoms with Crippen molar-refractivity contribution in [2.45, 2.75) is 18.8 Å². The fraction of sp³-hybridized carbons (Fsp3) is 0.304. The lowest BCUT2D eigenvalue weighted by Gasteiger charge is -2.30. The number of nitrogens with zero attached hydrogens (tertiary/aromatic N) is 3. The third kappa shape index (κ3) is 5.64. The molecule has 1 aliphatic rings. The number of methoxy groups -OCH3 is 1. The van der Waals surface area contributed by atoms with Crippen LogP contribution in [0.5, 0.6) is 11.5 Å². The fourth-order valence-corrected chi connectivity index (χ4v) is 4.42. The van der Waals surface area contributed by atoms with E-state index in [4.69, 9.17) is 9.47 Å². The van der Waals surface area contributed by atoms with Gasteiger partial charge in [0.15, 0.2) is 6.61 Å². The molecule has 1 N–H and O–H groups in total. The van der Waals surface area contributed by atoms with Gasteiger partial charge in [-0.1, -0.05) is 23.5 Å². The topological polar surface area (TPSA) is 93.7 Å². The number of halogens is 1. The lowest BCUT2D eigenvalue weighted by molar-refractivity contribution is -0.134. The summed E-state index contributed by atoms with van der Waals surface area (Å²) in [5, 5.41) is 11.6. The van der Waals surface area contributed by atoms with Crippen molar-refractivity contribution in [2.75, 3.05) is 32.1 Å². The number of benzene rings is 2. The number of rotatable bonds is 7. The summed E-state index contributed by atoms with van der Waals surface area (Å²) in [5.41, 5.74) is 0.0999. The third-order valence-electron chi connectivity index (χ3n) is 5.38. The number of ether oxygens (including phenoxy) is 2. The molecule has 2 aromatic carbocycles. The van der Waals surface area contributed by atoms with Crippen LogP contribution in [0.25, 0.3) is 0 Å². The molecule has 0 spiro atoms. The molecular weight excluding hydrogens is 447 g/mol. The van der Waals surface area contributed by atoms with Gasteiger partial charge in [-0.2, -0.15) is 0 Å². The van der Waals surface area contributed by atoms with Crippen molar-refractivity contribution >= 4 is 28.8 Å². The molecule has 1 aliphatic heterocycles. The average Bonchev–Trinajstić information content (AvgIpc) is 3.35. The van der Waals surface area contributed by atoms with Crippen LogP contribution in [0.3, 0.4) is 0 Å². The number of aromatic nitrogens is 2. The highest BCUT2D eigenvalue weighted by Crippen LogP contribution is 2.30. The highest BCUT2D eigenvalue weighted by Gasteiger charge is 2.27. The minimum atomic E-state index is -0.511. The number of carbonyl (C=O) groups is 2. The second-order valence-corrected chi connectivity index (χ2v) is 8.51. The summed E-state index contributed by atoms with van der Waals surface area (Å²) < 4.78 is 24.4. The number of anilines is 1. The number of nitrogens with one attached hydrogen (secondary N) is 1. The molecule has 3 aromatic rings. The Bertz CT molecular complexity index is 1110. The van der Waals surface area contributed by atoms with E-state index in [0.29, 0.717) is 18.8 Å². The summed E-state index contributed by atoms with van der Waals surface area (Å²) in [6, 6.07) is 13.0. The molecule has 172 valence electrons. The molecular formula is C23H23FN4O4S. The number of hydrogen-bond acceptors (Lipinski definition) is 7. The Hall–Kier alpha value is -3.53. The van der Waals surface area contributed by atoms with Gasteiger partial charge in [0, 0.05) is 19.0 Å². The zero-order chi connectivity index (χ0) is 23.2. The Labute approximate surface area is 194 Å². The van der Waals surface area contributed by atoms with Crippen LogP contribution in [0.2, 0.25) is 0 Å². The Balaban J connectivity index is 1.26. The number of hydrogen-bond donors (Lipinski definition) is 1. The summed E-state index contributed by atoms with van der Waals surface area (Å²) in [6.45, 7) is 1.12. The Kier molecular flexibility index (Phi) is 7.13. The van der Waals surface area contributed by atoms with Crippen LogP contribution in [0.1, 0.15) is 33.6 Å². The molecule has 0 atom stereocenters. The maximum atomic E-state index is 13.8. The van der Waals surface area contributed by atoms with Gasteiger partial charge in [-0.05, 0) is 49.2 Å². The smallest absolute Gasteiger partial charge is 0.286 e. The summed E-state index contributed by atoms with van der Waals surface area (Å²) in [7, 11) is 1.59. The zero-order valence-corrected chi connectivity index (χ0v) is 18.8. The Morgan fingerprint density at radius 3 is 2.48 bits per heavy atom. The predicted octanol–water partition coefficient (Wildman–Crippen LogP) is 3.72. The molecule has 0 saturated carbocycles.